The third-order valence-electron chi connectivity index (χ3n) is 5.33. The number of methoxy groups -OCH3 is 1. The molecule has 0 aliphatic heterocycles. The molecule has 31 heavy (non-hydrogen) atoms. The van der Waals surface area contributed by atoms with Crippen LogP contribution in [0.2, 0.25) is 0 Å². The number of aliphatic hydroxyl groups excluding tert-OH is 1. The van der Waals surface area contributed by atoms with Crippen molar-refractivity contribution < 1.29 is 24.3 Å². The molecule has 1 aliphatic carbocycles. The first-order valence-corrected chi connectivity index (χ1v) is 10.0. The summed E-state index contributed by atoms with van der Waals surface area (Å²) in [5, 5.41) is 21.0. The van der Waals surface area contributed by atoms with Gasteiger partial charge in [-0.25, -0.2) is 0 Å². The van der Waals surface area contributed by atoms with E-state index in [1.165, 1.54) is 12.1 Å². The number of nitrogens with zero attached hydrogens (tertiary/aromatic N) is 1. The monoisotopic (exact) mass is 423 g/mol. The van der Waals surface area contributed by atoms with Crippen LogP contribution in [0.3, 0.4) is 0 Å². The predicted octanol–water partition coefficient (Wildman–Crippen LogP) is 4.10. The fraction of sp³-hybridized carbons (Fsp3) is 0.292. The van der Waals surface area contributed by atoms with E-state index in [1.807, 2.05) is 24.3 Å². The molecule has 1 atom stereocenters. The Kier molecular flexibility index (Phi) is 7.70. The van der Waals surface area contributed by atoms with E-state index < -0.39 is 10.8 Å². The van der Waals surface area contributed by atoms with Crippen LogP contribution in [0.1, 0.15) is 24.0 Å². The van der Waals surface area contributed by atoms with Gasteiger partial charge >= 0.3 is 0 Å². The Morgan fingerprint density at radius 1 is 1.23 bits per heavy atom. The molecule has 2 aromatic carbocycles. The Morgan fingerprint density at radius 3 is 2.61 bits per heavy atom. The van der Waals surface area contributed by atoms with E-state index in [4.69, 9.17) is 9.47 Å². The van der Waals surface area contributed by atoms with Crippen LogP contribution < -0.4 is 4.74 Å². The minimum Gasteiger partial charge on any atom is -0.497 e. The van der Waals surface area contributed by atoms with E-state index in [9.17, 15) is 20.0 Å². The van der Waals surface area contributed by atoms with E-state index >= 15 is 0 Å². The predicted molar refractivity (Wildman–Crippen MR) is 117 cm³/mol. The SMILES string of the molecule is COc1ccc(COC/C=C(\CO)[C@H]2CCC(c3ccccc3[N+](=O)[O-])=CC2=O)cc1. The summed E-state index contributed by atoms with van der Waals surface area (Å²) in [5.74, 6) is 0.172. The highest BCUT2D eigenvalue weighted by Gasteiger charge is 2.28. The molecule has 1 aliphatic rings. The molecule has 0 saturated heterocycles. The summed E-state index contributed by atoms with van der Waals surface area (Å²) >= 11 is 0. The number of nitro groups is 1. The lowest BCUT2D eigenvalue weighted by Gasteiger charge is -2.22. The molecular formula is C24H25NO6. The Hall–Kier alpha value is -3.29. The van der Waals surface area contributed by atoms with Crippen LogP contribution in [0.4, 0.5) is 5.69 Å². The first kappa shape index (κ1) is 22.4. The highest BCUT2D eigenvalue weighted by molar-refractivity contribution is 6.02. The van der Waals surface area contributed by atoms with Crippen molar-refractivity contribution in [2.75, 3.05) is 20.3 Å². The van der Waals surface area contributed by atoms with Crippen LogP contribution in [0.5, 0.6) is 5.75 Å². The standard InChI is InChI=1S/C24H25NO6/c1-30-20-9-6-17(7-10-20)16-31-13-12-19(15-26)22-11-8-18(14-24(22)27)21-4-2-3-5-23(21)25(28)29/h2-7,9-10,12,14,22,26H,8,11,13,15-16H2,1H3/b19-12+/t22-/m1/s1. The highest BCUT2D eigenvalue weighted by Crippen LogP contribution is 2.35. The number of rotatable bonds is 9. The summed E-state index contributed by atoms with van der Waals surface area (Å²) in [6.07, 6.45) is 4.22. The number of ether oxygens (including phenoxy) is 2. The van der Waals surface area contributed by atoms with Gasteiger partial charge in [0, 0.05) is 12.0 Å². The quantitative estimate of drug-likeness (QED) is 0.282. The van der Waals surface area contributed by atoms with Gasteiger partial charge in [-0.2, -0.15) is 0 Å². The number of hydrogen-bond acceptors (Lipinski definition) is 6. The zero-order valence-corrected chi connectivity index (χ0v) is 17.3. The van der Waals surface area contributed by atoms with Crippen LogP contribution in [-0.4, -0.2) is 36.1 Å². The molecule has 7 heteroatoms. The lowest BCUT2D eigenvalue weighted by atomic mass is 9.81. The van der Waals surface area contributed by atoms with Crippen molar-refractivity contribution in [3.8, 4) is 5.75 Å². The maximum absolute atomic E-state index is 12.7. The molecule has 0 spiro atoms. The van der Waals surface area contributed by atoms with Gasteiger partial charge in [0.05, 0.1) is 37.4 Å². The van der Waals surface area contributed by atoms with Crippen molar-refractivity contribution in [2.24, 2.45) is 5.92 Å². The second-order valence-corrected chi connectivity index (χ2v) is 7.24. The Morgan fingerprint density at radius 2 is 1.97 bits per heavy atom. The molecule has 0 unspecified atom stereocenters. The summed E-state index contributed by atoms with van der Waals surface area (Å²) in [4.78, 5) is 23.6. The second kappa shape index (κ2) is 10.7. The number of para-hydroxylation sites is 1. The van der Waals surface area contributed by atoms with Crippen molar-refractivity contribution in [3.05, 3.63) is 87.5 Å². The highest BCUT2D eigenvalue weighted by atomic mass is 16.6. The van der Waals surface area contributed by atoms with Crippen LogP contribution in [0, 0.1) is 16.0 Å². The maximum atomic E-state index is 12.7. The largest absolute Gasteiger partial charge is 0.497 e. The normalized spacial score (nSPS) is 16.7. The molecule has 2 aromatic rings. The zero-order chi connectivity index (χ0) is 22.2. The van der Waals surface area contributed by atoms with Crippen molar-refractivity contribution in [2.45, 2.75) is 19.4 Å². The number of ketones is 1. The van der Waals surface area contributed by atoms with Crippen LogP contribution in [0.15, 0.2) is 66.3 Å². The molecule has 0 aromatic heterocycles. The van der Waals surface area contributed by atoms with Crippen LogP contribution >= 0.6 is 0 Å². The Bertz CT molecular complexity index is 993. The fourth-order valence-electron chi connectivity index (χ4n) is 3.65. The molecular weight excluding hydrogens is 398 g/mol. The fourth-order valence-corrected chi connectivity index (χ4v) is 3.65. The number of hydrogen-bond donors (Lipinski definition) is 1. The van der Waals surface area contributed by atoms with Gasteiger partial charge in [-0.3, -0.25) is 14.9 Å². The summed E-state index contributed by atoms with van der Waals surface area (Å²) in [6, 6.07) is 14.0. The molecule has 3 rings (SSSR count). The van der Waals surface area contributed by atoms with E-state index in [2.05, 4.69) is 0 Å². The van der Waals surface area contributed by atoms with Crippen LogP contribution in [0.25, 0.3) is 5.57 Å². The number of carbonyl (C=O) groups excluding carboxylic acids is 1. The Labute approximate surface area is 180 Å². The summed E-state index contributed by atoms with van der Waals surface area (Å²) in [7, 11) is 1.61. The summed E-state index contributed by atoms with van der Waals surface area (Å²) < 4.78 is 10.8. The molecule has 162 valence electrons. The molecule has 0 saturated carbocycles. The van der Waals surface area contributed by atoms with E-state index in [0.29, 0.717) is 36.2 Å². The number of nitro benzene ring substituents is 1. The molecule has 0 radical (unpaired) electrons. The van der Waals surface area contributed by atoms with Crippen molar-refractivity contribution >= 4 is 17.0 Å². The summed E-state index contributed by atoms with van der Waals surface area (Å²) in [5.41, 5.74) is 2.71. The van der Waals surface area contributed by atoms with Gasteiger partial charge in [-0.05, 0) is 53.8 Å². The maximum Gasteiger partial charge on any atom is 0.276 e. The first-order valence-electron chi connectivity index (χ1n) is 10.0. The number of benzene rings is 2. The number of carbonyl (C=O) groups is 1. The van der Waals surface area contributed by atoms with Gasteiger partial charge < -0.3 is 14.6 Å². The second-order valence-electron chi connectivity index (χ2n) is 7.24. The lowest BCUT2D eigenvalue weighted by Crippen LogP contribution is -2.21. The minimum absolute atomic E-state index is 0.00939. The molecule has 1 N–H and O–H groups in total. The average Bonchev–Trinajstić information content (AvgIpc) is 2.80. The molecule has 7 nitrogen and oxygen atoms in total. The van der Waals surface area contributed by atoms with E-state index in [0.717, 1.165) is 11.3 Å². The summed E-state index contributed by atoms with van der Waals surface area (Å²) in [6.45, 7) is 0.433. The molecule has 0 bridgehead atoms. The topological polar surface area (TPSA) is 98.9 Å². The third-order valence-corrected chi connectivity index (χ3v) is 5.33. The van der Waals surface area contributed by atoms with E-state index in [1.54, 1.807) is 31.4 Å². The van der Waals surface area contributed by atoms with Gasteiger partial charge in [0.25, 0.3) is 5.69 Å². The number of allylic oxidation sites excluding steroid dienone is 2. The molecule has 0 fully saturated rings. The first-order chi connectivity index (χ1) is 15.0. The zero-order valence-electron chi connectivity index (χ0n) is 17.3. The van der Waals surface area contributed by atoms with Gasteiger partial charge in [-0.15, -0.1) is 0 Å². The lowest BCUT2D eigenvalue weighted by molar-refractivity contribution is -0.385. The van der Waals surface area contributed by atoms with Gasteiger partial charge in [0.2, 0.25) is 0 Å². The van der Waals surface area contributed by atoms with Gasteiger partial charge in [0.1, 0.15) is 5.75 Å². The minimum atomic E-state index is -0.443. The molecule has 0 amide bonds. The van der Waals surface area contributed by atoms with Crippen molar-refractivity contribution in [3.63, 3.8) is 0 Å². The average molecular weight is 423 g/mol. The van der Waals surface area contributed by atoms with Gasteiger partial charge in [-0.1, -0.05) is 30.3 Å². The Balaban J connectivity index is 1.63. The smallest absolute Gasteiger partial charge is 0.276 e. The van der Waals surface area contributed by atoms with E-state index in [-0.39, 0.29) is 24.7 Å². The molecule has 0 heterocycles. The van der Waals surface area contributed by atoms with Crippen molar-refractivity contribution in [1.82, 2.24) is 0 Å². The van der Waals surface area contributed by atoms with Gasteiger partial charge in [0.15, 0.2) is 5.78 Å². The third kappa shape index (κ3) is 5.65. The number of aliphatic hydroxyl groups is 1. The van der Waals surface area contributed by atoms with Crippen molar-refractivity contribution in [1.29, 1.82) is 0 Å². The van der Waals surface area contributed by atoms with Crippen LogP contribution in [-0.2, 0) is 16.1 Å².